The average molecular weight is 250 g/mol. The predicted octanol–water partition coefficient (Wildman–Crippen LogP) is 3.15. The minimum atomic E-state index is 0.480. The molecule has 0 aromatic heterocycles. The first-order valence-corrected chi connectivity index (χ1v) is 6.66. The van der Waals surface area contributed by atoms with Crippen molar-refractivity contribution in [2.24, 2.45) is 0 Å². The van der Waals surface area contributed by atoms with Crippen LogP contribution in [0.1, 0.15) is 37.8 Å². The van der Waals surface area contributed by atoms with Gasteiger partial charge in [-0.3, -0.25) is 0 Å². The third kappa shape index (κ3) is 5.18. The Labute approximate surface area is 110 Å². The monoisotopic (exact) mass is 250 g/mol. The van der Waals surface area contributed by atoms with Gasteiger partial charge in [-0.25, -0.2) is 0 Å². The van der Waals surface area contributed by atoms with Crippen molar-refractivity contribution in [1.82, 2.24) is 10.6 Å². The van der Waals surface area contributed by atoms with E-state index in [0.717, 1.165) is 24.5 Å². The quantitative estimate of drug-likeness (QED) is 0.785. The molecule has 0 aliphatic rings. The highest BCUT2D eigenvalue weighted by molar-refractivity contribution is 7.80. The number of hydrogen-bond donors (Lipinski definition) is 2. The number of hydrogen-bond acceptors (Lipinski definition) is 1. The van der Waals surface area contributed by atoms with Crippen molar-refractivity contribution in [3.63, 3.8) is 0 Å². The van der Waals surface area contributed by atoms with E-state index in [2.05, 4.69) is 55.7 Å². The lowest BCUT2D eigenvalue weighted by atomic mass is 10.1. The van der Waals surface area contributed by atoms with Crippen LogP contribution < -0.4 is 10.6 Å². The average Bonchev–Trinajstić information content (AvgIpc) is 2.35. The van der Waals surface area contributed by atoms with Crippen LogP contribution in [0.5, 0.6) is 0 Å². The number of thiocarbonyl (C=S) groups is 1. The van der Waals surface area contributed by atoms with E-state index >= 15 is 0 Å². The summed E-state index contributed by atoms with van der Waals surface area (Å²) in [6.45, 7) is 7.22. The van der Waals surface area contributed by atoms with Gasteiger partial charge in [-0.1, -0.05) is 43.7 Å². The third-order valence-electron chi connectivity index (χ3n) is 2.89. The first kappa shape index (κ1) is 14.0. The molecular weight excluding hydrogens is 228 g/mol. The van der Waals surface area contributed by atoms with Gasteiger partial charge in [-0.05, 0) is 37.5 Å². The highest BCUT2D eigenvalue weighted by Gasteiger charge is 2.04. The second-order valence-electron chi connectivity index (χ2n) is 4.33. The smallest absolute Gasteiger partial charge is 0.166 e. The molecule has 0 saturated carbocycles. The zero-order chi connectivity index (χ0) is 12.7. The van der Waals surface area contributed by atoms with Crippen molar-refractivity contribution in [3.05, 3.63) is 35.4 Å². The molecule has 0 unspecified atom stereocenters. The van der Waals surface area contributed by atoms with E-state index in [-0.39, 0.29) is 0 Å². The van der Waals surface area contributed by atoms with Crippen molar-refractivity contribution >= 4 is 17.3 Å². The van der Waals surface area contributed by atoms with E-state index in [0.29, 0.717) is 6.04 Å². The van der Waals surface area contributed by atoms with Crippen molar-refractivity contribution in [2.45, 2.75) is 46.2 Å². The van der Waals surface area contributed by atoms with Gasteiger partial charge in [-0.2, -0.15) is 0 Å². The van der Waals surface area contributed by atoms with Crippen LogP contribution in [0.2, 0.25) is 0 Å². The third-order valence-corrected chi connectivity index (χ3v) is 3.16. The summed E-state index contributed by atoms with van der Waals surface area (Å²) in [5.74, 6) is 0. The molecule has 0 aliphatic carbocycles. The second-order valence-corrected chi connectivity index (χ2v) is 4.73. The highest BCUT2D eigenvalue weighted by atomic mass is 32.1. The molecular formula is C14H22N2S. The van der Waals surface area contributed by atoms with Gasteiger partial charge < -0.3 is 10.6 Å². The summed E-state index contributed by atoms with van der Waals surface area (Å²) in [5.41, 5.74) is 2.54. The molecule has 3 heteroatoms. The lowest BCUT2D eigenvalue weighted by Gasteiger charge is -2.17. The first-order valence-electron chi connectivity index (χ1n) is 6.25. The molecule has 0 saturated heterocycles. The van der Waals surface area contributed by atoms with Crippen LogP contribution in [0.4, 0.5) is 0 Å². The zero-order valence-corrected chi connectivity index (χ0v) is 11.7. The molecule has 0 aliphatic heterocycles. The van der Waals surface area contributed by atoms with Gasteiger partial charge in [0, 0.05) is 12.6 Å². The standard InChI is InChI=1S/C14H22N2S/c1-4-13(5-2)16-14(17)15-10-12-8-6-11(3)7-9-12/h6-9,13H,4-5,10H2,1-3H3,(H2,15,16,17). The van der Waals surface area contributed by atoms with Gasteiger partial charge in [0.1, 0.15) is 0 Å². The summed E-state index contributed by atoms with van der Waals surface area (Å²) < 4.78 is 0. The van der Waals surface area contributed by atoms with Crippen LogP contribution in [0, 0.1) is 6.92 Å². The minimum absolute atomic E-state index is 0.480. The maximum Gasteiger partial charge on any atom is 0.166 e. The van der Waals surface area contributed by atoms with Crippen LogP contribution in [0.15, 0.2) is 24.3 Å². The van der Waals surface area contributed by atoms with Crippen molar-refractivity contribution < 1.29 is 0 Å². The molecule has 0 amide bonds. The van der Waals surface area contributed by atoms with E-state index in [1.165, 1.54) is 11.1 Å². The summed E-state index contributed by atoms with van der Waals surface area (Å²) in [4.78, 5) is 0. The summed E-state index contributed by atoms with van der Waals surface area (Å²) in [5, 5.41) is 7.31. The fourth-order valence-corrected chi connectivity index (χ4v) is 1.86. The Balaban J connectivity index is 2.35. The van der Waals surface area contributed by atoms with Crippen molar-refractivity contribution in [3.8, 4) is 0 Å². The van der Waals surface area contributed by atoms with Crippen LogP contribution >= 0.6 is 12.2 Å². The number of nitrogens with one attached hydrogen (secondary N) is 2. The molecule has 0 fully saturated rings. The highest BCUT2D eigenvalue weighted by Crippen LogP contribution is 2.02. The molecule has 0 spiro atoms. The van der Waals surface area contributed by atoms with E-state index in [9.17, 15) is 0 Å². The molecule has 1 rings (SSSR count). The van der Waals surface area contributed by atoms with E-state index in [1.807, 2.05) is 0 Å². The van der Waals surface area contributed by atoms with E-state index in [4.69, 9.17) is 12.2 Å². The Bertz CT molecular complexity index is 342. The molecule has 0 atom stereocenters. The van der Waals surface area contributed by atoms with Gasteiger partial charge in [0.2, 0.25) is 0 Å². The maximum absolute atomic E-state index is 5.27. The molecule has 94 valence electrons. The van der Waals surface area contributed by atoms with E-state index in [1.54, 1.807) is 0 Å². The summed E-state index contributed by atoms with van der Waals surface area (Å²) in [6, 6.07) is 8.97. The second kappa shape index (κ2) is 7.28. The fourth-order valence-electron chi connectivity index (χ4n) is 1.62. The molecule has 17 heavy (non-hydrogen) atoms. The van der Waals surface area contributed by atoms with Crippen molar-refractivity contribution in [1.29, 1.82) is 0 Å². The fraction of sp³-hybridized carbons (Fsp3) is 0.500. The number of rotatable bonds is 5. The van der Waals surface area contributed by atoms with E-state index < -0.39 is 0 Å². The van der Waals surface area contributed by atoms with Gasteiger partial charge in [-0.15, -0.1) is 0 Å². The summed E-state index contributed by atoms with van der Waals surface area (Å²) in [6.07, 6.45) is 2.20. The summed E-state index contributed by atoms with van der Waals surface area (Å²) in [7, 11) is 0. The van der Waals surface area contributed by atoms with Crippen LogP contribution in [0.25, 0.3) is 0 Å². The molecule has 0 heterocycles. The van der Waals surface area contributed by atoms with Gasteiger partial charge in [0.15, 0.2) is 5.11 Å². The SMILES string of the molecule is CCC(CC)NC(=S)NCc1ccc(C)cc1. The molecule has 1 aromatic rings. The van der Waals surface area contributed by atoms with Crippen LogP contribution in [0.3, 0.4) is 0 Å². The molecule has 1 aromatic carbocycles. The zero-order valence-electron chi connectivity index (χ0n) is 10.9. The van der Waals surface area contributed by atoms with Crippen LogP contribution in [-0.2, 0) is 6.54 Å². The van der Waals surface area contributed by atoms with Gasteiger partial charge in [0.25, 0.3) is 0 Å². The van der Waals surface area contributed by atoms with Crippen LogP contribution in [-0.4, -0.2) is 11.2 Å². The predicted molar refractivity (Wildman–Crippen MR) is 78.1 cm³/mol. The Morgan fingerprint density at radius 3 is 2.29 bits per heavy atom. The molecule has 0 radical (unpaired) electrons. The molecule has 0 bridgehead atoms. The Hall–Kier alpha value is -1.09. The normalized spacial score (nSPS) is 10.4. The van der Waals surface area contributed by atoms with Crippen molar-refractivity contribution in [2.75, 3.05) is 0 Å². The number of aryl methyl sites for hydroxylation is 1. The first-order chi connectivity index (χ1) is 8.15. The molecule has 2 nitrogen and oxygen atoms in total. The topological polar surface area (TPSA) is 24.1 Å². The lowest BCUT2D eigenvalue weighted by molar-refractivity contribution is 0.564. The Kier molecular flexibility index (Phi) is 5.98. The maximum atomic E-state index is 5.27. The Morgan fingerprint density at radius 2 is 1.76 bits per heavy atom. The lowest BCUT2D eigenvalue weighted by Crippen LogP contribution is -2.41. The Morgan fingerprint density at radius 1 is 1.18 bits per heavy atom. The molecule has 2 N–H and O–H groups in total. The van der Waals surface area contributed by atoms with Gasteiger partial charge >= 0.3 is 0 Å². The number of benzene rings is 1. The largest absolute Gasteiger partial charge is 0.360 e. The van der Waals surface area contributed by atoms with Gasteiger partial charge in [0.05, 0.1) is 0 Å². The summed E-state index contributed by atoms with van der Waals surface area (Å²) >= 11 is 5.27. The minimum Gasteiger partial charge on any atom is -0.360 e.